The zero-order valence-electron chi connectivity index (χ0n) is 11.9. The predicted molar refractivity (Wildman–Crippen MR) is 75.0 cm³/mol. The van der Waals surface area contributed by atoms with Crippen LogP contribution in [0.1, 0.15) is 53.4 Å². The maximum Gasteiger partial charge on any atom is 0.188 e. The average molecular weight is 239 g/mol. The van der Waals surface area contributed by atoms with Crippen molar-refractivity contribution in [1.29, 1.82) is 0 Å². The van der Waals surface area contributed by atoms with Gasteiger partial charge >= 0.3 is 0 Å². The van der Waals surface area contributed by atoms with Crippen LogP contribution >= 0.6 is 0 Å². The Bertz CT molecular complexity index is 246. The molecule has 0 aliphatic heterocycles. The standard InChI is InChI=1S/C14H29N3/c1-10(2)9-16-14(15)17-13-8-6-5-7-12(13)11(3)4/h10-13H,5-9H2,1-4H3,(H3,15,16,17). The Morgan fingerprint density at radius 3 is 2.47 bits per heavy atom. The van der Waals surface area contributed by atoms with Crippen molar-refractivity contribution >= 4 is 5.96 Å². The van der Waals surface area contributed by atoms with Crippen LogP contribution in [0.15, 0.2) is 4.99 Å². The van der Waals surface area contributed by atoms with E-state index in [4.69, 9.17) is 5.73 Å². The zero-order chi connectivity index (χ0) is 12.8. The van der Waals surface area contributed by atoms with Crippen molar-refractivity contribution in [3.05, 3.63) is 0 Å². The van der Waals surface area contributed by atoms with Crippen LogP contribution in [0.4, 0.5) is 0 Å². The smallest absolute Gasteiger partial charge is 0.188 e. The maximum atomic E-state index is 5.95. The molecule has 2 unspecified atom stereocenters. The Kier molecular flexibility index (Phi) is 5.79. The number of hydrogen-bond acceptors (Lipinski definition) is 1. The van der Waals surface area contributed by atoms with Gasteiger partial charge in [-0.05, 0) is 30.6 Å². The Morgan fingerprint density at radius 2 is 1.88 bits per heavy atom. The molecular weight excluding hydrogens is 210 g/mol. The van der Waals surface area contributed by atoms with E-state index in [2.05, 4.69) is 38.0 Å². The molecule has 2 atom stereocenters. The van der Waals surface area contributed by atoms with E-state index in [0.29, 0.717) is 17.9 Å². The molecule has 0 bridgehead atoms. The number of nitrogens with zero attached hydrogens (tertiary/aromatic N) is 1. The molecule has 3 N–H and O–H groups in total. The molecule has 0 amide bonds. The van der Waals surface area contributed by atoms with E-state index in [1.165, 1.54) is 25.7 Å². The normalized spacial score (nSPS) is 26.6. The van der Waals surface area contributed by atoms with Gasteiger partial charge in [-0.1, -0.05) is 40.5 Å². The van der Waals surface area contributed by atoms with Crippen LogP contribution in [-0.4, -0.2) is 18.5 Å². The molecule has 0 aromatic heterocycles. The molecule has 3 heteroatoms. The van der Waals surface area contributed by atoms with E-state index in [1.807, 2.05) is 0 Å². The number of nitrogens with one attached hydrogen (secondary N) is 1. The van der Waals surface area contributed by atoms with Crippen molar-refractivity contribution in [3.63, 3.8) is 0 Å². The Hall–Kier alpha value is -0.730. The third kappa shape index (κ3) is 4.97. The van der Waals surface area contributed by atoms with E-state index in [9.17, 15) is 0 Å². The molecule has 0 aromatic carbocycles. The Morgan fingerprint density at radius 1 is 1.24 bits per heavy atom. The molecule has 3 nitrogen and oxygen atoms in total. The predicted octanol–water partition coefficient (Wildman–Crippen LogP) is 2.76. The van der Waals surface area contributed by atoms with E-state index in [1.54, 1.807) is 0 Å². The van der Waals surface area contributed by atoms with Crippen LogP contribution in [0.5, 0.6) is 0 Å². The molecule has 0 radical (unpaired) electrons. The van der Waals surface area contributed by atoms with Gasteiger partial charge in [-0.3, -0.25) is 4.99 Å². The molecule has 0 spiro atoms. The molecule has 0 saturated heterocycles. The minimum absolute atomic E-state index is 0.527. The zero-order valence-corrected chi connectivity index (χ0v) is 11.9. The van der Waals surface area contributed by atoms with Gasteiger partial charge in [-0.2, -0.15) is 0 Å². The van der Waals surface area contributed by atoms with Gasteiger partial charge in [0.2, 0.25) is 0 Å². The molecule has 0 heterocycles. The summed E-state index contributed by atoms with van der Waals surface area (Å²) in [6, 6.07) is 0.527. The van der Waals surface area contributed by atoms with Gasteiger partial charge in [0.25, 0.3) is 0 Å². The van der Waals surface area contributed by atoms with Crippen molar-refractivity contribution in [2.45, 2.75) is 59.4 Å². The Balaban J connectivity index is 2.49. The lowest BCUT2D eigenvalue weighted by atomic mass is 9.78. The lowest BCUT2D eigenvalue weighted by molar-refractivity contribution is 0.224. The lowest BCUT2D eigenvalue weighted by Gasteiger charge is -2.35. The number of hydrogen-bond donors (Lipinski definition) is 2. The van der Waals surface area contributed by atoms with Crippen molar-refractivity contribution in [3.8, 4) is 0 Å². The summed E-state index contributed by atoms with van der Waals surface area (Å²) in [4.78, 5) is 4.39. The first-order chi connectivity index (χ1) is 8.00. The monoisotopic (exact) mass is 239 g/mol. The first-order valence-electron chi connectivity index (χ1n) is 7.07. The summed E-state index contributed by atoms with van der Waals surface area (Å²) in [7, 11) is 0. The fraction of sp³-hybridized carbons (Fsp3) is 0.929. The highest BCUT2D eigenvalue weighted by Gasteiger charge is 2.27. The van der Waals surface area contributed by atoms with Crippen LogP contribution in [0.2, 0.25) is 0 Å². The molecule has 1 rings (SSSR count). The summed E-state index contributed by atoms with van der Waals surface area (Å²) in [5.74, 6) is 2.68. The fourth-order valence-electron chi connectivity index (χ4n) is 2.65. The number of nitrogens with two attached hydrogens (primary N) is 1. The van der Waals surface area contributed by atoms with E-state index < -0.39 is 0 Å². The van der Waals surface area contributed by atoms with Crippen LogP contribution < -0.4 is 11.1 Å². The van der Waals surface area contributed by atoms with Crippen LogP contribution in [0.25, 0.3) is 0 Å². The second kappa shape index (κ2) is 6.87. The summed E-state index contributed by atoms with van der Waals surface area (Å²) in [6.07, 6.45) is 5.25. The highest BCUT2D eigenvalue weighted by molar-refractivity contribution is 5.78. The first kappa shape index (κ1) is 14.3. The third-order valence-electron chi connectivity index (χ3n) is 3.64. The first-order valence-corrected chi connectivity index (χ1v) is 7.07. The largest absolute Gasteiger partial charge is 0.370 e. The summed E-state index contributed by atoms with van der Waals surface area (Å²) < 4.78 is 0. The molecule has 1 aliphatic carbocycles. The number of rotatable bonds is 4. The van der Waals surface area contributed by atoms with E-state index in [0.717, 1.165) is 18.4 Å². The summed E-state index contributed by atoms with van der Waals surface area (Å²) in [5, 5.41) is 3.43. The second-order valence-electron chi connectivity index (χ2n) is 6.06. The molecular formula is C14H29N3. The van der Waals surface area contributed by atoms with Gasteiger partial charge in [-0.15, -0.1) is 0 Å². The summed E-state index contributed by atoms with van der Waals surface area (Å²) in [6.45, 7) is 9.76. The lowest BCUT2D eigenvalue weighted by Crippen LogP contribution is -2.47. The molecule has 1 aliphatic rings. The number of guanidine groups is 1. The summed E-state index contributed by atoms with van der Waals surface area (Å²) >= 11 is 0. The van der Waals surface area contributed by atoms with Crippen molar-refractivity contribution in [2.24, 2.45) is 28.5 Å². The molecule has 1 fully saturated rings. The minimum Gasteiger partial charge on any atom is -0.370 e. The second-order valence-corrected chi connectivity index (χ2v) is 6.06. The molecule has 0 aromatic rings. The SMILES string of the molecule is CC(C)CN=C(N)NC1CCCCC1C(C)C. The van der Waals surface area contributed by atoms with E-state index >= 15 is 0 Å². The van der Waals surface area contributed by atoms with Crippen molar-refractivity contribution in [1.82, 2.24) is 5.32 Å². The highest BCUT2D eigenvalue weighted by atomic mass is 15.1. The average Bonchev–Trinajstić information content (AvgIpc) is 2.27. The van der Waals surface area contributed by atoms with Gasteiger partial charge in [0.1, 0.15) is 0 Å². The van der Waals surface area contributed by atoms with Crippen LogP contribution in [0, 0.1) is 17.8 Å². The Labute approximate surface area is 106 Å². The van der Waals surface area contributed by atoms with Gasteiger partial charge in [0.05, 0.1) is 0 Å². The van der Waals surface area contributed by atoms with Gasteiger partial charge in [0.15, 0.2) is 5.96 Å². The molecule has 17 heavy (non-hydrogen) atoms. The molecule has 1 saturated carbocycles. The van der Waals surface area contributed by atoms with Gasteiger partial charge in [0, 0.05) is 12.6 Å². The quantitative estimate of drug-likeness (QED) is 0.585. The van der Waals surface area contributed by atoms with Crippen molar-refractivity contribution < 1.29 is 0 Å². The van der Waals surface area contributed by atoms with Crippen molar-refractivity contribution in [2.75, 3.05) is 6.54 Å². The molecule has 100 valence electrons. The van der Waals surface area contributed by atoms with Crippen LogP contribution in [-0.2, 0) is 0 Å². The van der Waals surface area contributed by atoms with Gasteiger partial charge < -0.3 is 11.1 Å². The van der Waals surface area contributed by atoms with Crippen LogP contribution in [0.3, 0.4) is 0 Å². The highest BCUT2D eigenvalue weighted by Crippen LogP contribution is 2.29. The minimum atomic E-state index is 0.527. The maximum absolute atomic E-state index is 5.95. The fourth-order valence-corrected chi connectivity index (χ4v) is 2.65. The van der Waals surface area contributed by atoms with E-state index in [-0.39, 0.29) is 0 Å². The summed E-state index contributed by atoms with van der Waals surface area (Å²) in [5.41, 5.74) is 5.95. The van der Waals surface area contributed by atoms with Gasteiger partial charge in [-0.25, -0.2) is 0 Å². The topological polar surface area (TPSA) is 50.4 Å². The third-order valence-corrected chi connectivity index (χ3v) is 3.64. The number of aliphatic imine (C=N–C) groups is 1.